The predicted octanol–water partition coefficient (Wildman–Crippen LogP) is 3.93. The molecule has 5 heteroatoms. The van der Waals surface area contributed by atoms with E-state index in [0.717, 1.165) is 28.9 Å². The molecule has 3 nitrogen and oxygen atoms in total. The third-order valence-electron chi connectivity index (χ3n) is 3.14. The van der Waals surface area contributed by atoms with E-state index in [0.29, 0.717) is 16.5 Å². The highest BCUT2D eigenvalue weighted by Crippen LogP contribution is 2.27. The van der Waals surface area contributed by atoms with Crippen molar-refractivity contribution in [3.05, 3.63) is 56.8 Å². The minimum Gasteiger partial charge on any atom is -0.388 e. The summed E-state index contributed by atoms with van der Waals surface area (Å²) in [6.45, 7) is 3.84. The van der Waals surface area contributed by atoms with Gasteiger partial charge in [-0.2, -0.15) is 10.2 Å². The molecule has 1 aromatic carbocycles. The average Bonchev–Trinajstić information content (AvgIpc) is 2.42. The number of hydrogen-bond acceptors (Lipinski definition) is 3. The monoisotopic (exact) mass is 310 g/mol. The summed E-state index contributed by atoms with van der Waals surface area (Å²) >= 11 is 12.1. The van der Waals surface area contributed by atoms with Crippen molar-refractivity contribution in [3.63, 3.8) is 0 Å². The SMILES string of the molecule is CCc1nnc(C)cc1C(O)Cc1cc(Cl)ccc1Cl. The molecule has 2 aromatic rings. The third kappa shape index (κ3) is 3.48. The number of nitrogens with zero attached hydrogens (tertiary/aromatic N) is 2. The van der Waals surface area contributed by atoms with Crippen LogP contribution < -0.4 is 0 Å². The summed E-state index contributed by atoms with van der Waals surface area (Å²) in [6.07, 6.45) is 0.454. The quantitative estimate of drug-likeness (QED) is 0.930. The molecule has 1 atom stereocenters. The van der Waals surface area contributed by atoms with Gasteiger partial charge >= 0.3 is 0 Å². The maximum atomic E-state index is 10.5. The molecule has 1 aromatic heterocycles. The number of rotatable bonds is 4. The van der Waals surface area contributed by atoms with Crippen LogP contribution in [0.2, 0.25) is 10.0 Å². The van der Waals surface area contributed by atoms with Gasteiger partial charge in [0.25, 0.3) is 0 Å². The van der Waals surface area contributed by atoms with Crippen molar-refractivity contribution in [1.82, 2.24) is 10.2 Å². The summed E-state index contributed by atoms with van der Waals surface area (Å²) in [5.74, 6) is 0. The normalized spacial score (nSPS) is 12.4. The number of aliphatic hydroxyl groups excluding tert-OH is 1. The van der Waals surface area contributed by atoms with Gasteiger partial charge < -0.3 is 5.11 Å². The average molecular weight is 311 g/mol. The van der Waals surface area contributed by atoms with Crippen LogP contribution in [0.1, 0.15) is 35.5 Å². The van der Waals surface area contributed by atoms with E-state index in [-0.39, 0.29) is 0 Å². The van der Waals surface area contributed by atoms with E-state index in [1.807, 2.05) is 19.9 Å². The van der Waals surface area contributed by atoms with Crippen LogP contribution in [-0.2, 0) is 12.8 Å². The third-order valence-corrected chi connectivity index (χ3v) is 3.74. The number of aliphatic hydroxyl groups is 1. The molecule has 20 heavy (non-hydrogen) atoms. The molecule has 106 valence electrons. The highest BCUT2D eigenvalue weighted by molar-refractivity contribution is 6.33. The lowest BCUT2D eigenvalue weighted by atomic mass is 9.99. The summed E-state index contributed by atoms with van der Waals surface area (Å²) in [5.41, 5.74) is 3.22. The summed E-state index contributed by atoms with van der Waals surface area (Å²) in [7, 11) is 0. The van der Waals surface area contributed by atoms with Crippen LogP contribution in [0.4, 0.5) is 0 Å². The maximum absolute atomic E-state index is 10.5. The minimum absolute atomic E-state index is 0.400. The van der Waals surface area contributed by atoms with Crippen LogP contribution in [-0.4, -0.2) is 15.3 Å². The molecule has 0 amide bonds. The van der Waals surface area contributed by atoms with E-state index >= 15 is 0 Å². The molecule has 0 saturated carbocycles. The van der Waals surface area contributed by atoms with Crippen LogP contribution in [0.25, 0.3) is 0 Å². The van der Waals surface area contributed by atoms with E-state index in [1.165, 1.54) is 0 Å². The Labute approximate surface area is 128 Å². The number of halogens is 2. The van der Waals surface area contributed by atoms with Crippen molar-refractivity contribution >= 4 is 23.2 Å². The van der Waals surface area contributed by atoms with E-state index in [9.17, 15) is 5.11 Å². The number of aromatic nitrogens is 2. The molecule has 1 unspecified atom stereocenters. The highest BCUT2D eigenvalue weighted by atomic mass is 35.5. The van der Waals surface area contributed by atoms with Crippen molar-refractivity contribution in [3.8, 4) is 0 Å². The largest absolute Gasteiger partial charge is 0.388 e. The Kier molecular flexibility index (Phi) is 4.97. The molecular weight excluding hydrogens is 295 g/mol. The van der Waals surface area contributed by atoms with Crippen molar-refractivity contribution in [2.24, 2.45) is 0 Å². The van der Waals surface area contributed by atoms with Gasteiger partial charge in [0.1, 0.15) is 0 Å². The molecule has 1 N–H and O–H groups in total. The Hall–Kier alpha value is -1.16. The first-order chi connectivity index (χ1) is 9.51. The second-order valence-corrected chi connectivity index (χ2v) is 5.54. The van der Waals surface area contributed by atoms with Gasteiger partial charge in [-0.25, -0.2) is 0 Å². The lowest BCUT2D eigenvalue weighted by molar-refractivity contribution is 0.176. The van der Waals surface area contributed by atoms with Crippen LogP contribution in [0.5, 0.6) is 0 Å². The molecule has 0 bridgehead atoms. The topological polar surface area (TPSA) is 46.0 Å². The standard InChI is InChI=1S/C15H16Cl2N2O/c1-3-14-12(6-9(2)18-19-14)15(20)8-10-7-11(16)4-5-13(10)17/h4-7,15,20H,3,8H2,1-2H3. The minimum atomic E-state index is -0.671. The molecule has 0 aliphatic heterocycles. The fraction of sp³-hybridized carbons (Fsp3) is 0.333. The molecule has 0 fully saturated rings. The van der Waals surface area contributed by atoms with Gasteiger partial charge in [0, 0.05) is 22.0 Å². The number of aryl methyl sites for hydroxylation is 2. The second-order valence-electron chi connectivity index (χ2n) is 4.70. The molecule has 1 heterocycles. The summed E-state index contributed by atoms with van der Waals surface area (Å²) in [4.78, 5) is 0. The molecular formula is C15H16Cl2N2O. The van der Waals surface area contributed by atoms with E-state index in [4.69, 9.17) is 23.2 Å². The predicted molar refractivity (Wildman–Crippen MR) is 81.3 cm³/mol. The van der Waals surface area contributed by atoms with Gasteiger partial charge in [-0.1, -0.05) is 30.1 Å². The smallest absolute Gasteiger partial charge is 0.0849 e. The fourth-order valence-electron chi connectivity index (χ4n) is 2.12. The first kappa shape index (κ1) is 15.2. The molecule has 2 rings (SSSR count). The van der Waals surface area contributed by atoms with Gasteiger partial charge in [0.05, 0.1) is 17.5 Å². The van der Waals surface area contributed by atoms with E-state index < -0.39 is 6.10 Å². The fourth-order valence-corrected chi connectivity index (χ4v) is 2.50. The van der Waals surface area contributed by atoms with Gasteiger partial charge in [0.15, 0.2) is 0 Å². The molecule has 0 aliphatic carbocycles. The van der Waals surface area contributed by atoms with Crippen molar-refractivity contribution in [1.29, 1.82) is 0 Å². The summed E-state index contributed by atoms with van der Waals surface area (Å²) < 4.78 is 0. The first-order valence-electron chi connectivity index (χ1n) is 6.46. The van der Waals surface area contributed by atoms with Crippen LogP contribution in [0.15, 0.2) is 24.3 Å². The maximum Gasteiger partial charge on any atom is 0.0849 e. The van der Waals surface area contributed by atoms with Crippen molar-refractivity contribution in [2.75, 3.05) is 0 Å². The highest BCUT2D eigenvalue weighted by Gasteiger charge is 2.16. The molecule has 0 aliphatic rings. The van der Waals surface area contributed by atoms with Crippen LogP contribution in [0.3, 0.4) is 0 Å². The van der Waals surface area contributed by atoms with Gasteiger partial charge in [-0.05, 0) is 43.2 Å². The van der Waals surface area contributed by atoms with Crippen LogP contribution >= 0.6 is 23.2 Å². The van der Waals surface area contributed by atoms with Gasteiger partial charge in [-0.15, -0.1) is 0 Å². The lowest BCUT2D eigenvalue weighted by Crippen LogP contribution is -2.09. The second kappa shape index (κ2) is 6.53. The number of benzene rings is 1. The Balaban J connectivity index is 2.30. The van der Waals surface area contributed by atoms with Crippen LogP contribution in [0, 0.1) is 6.92 Å². The first-order valence-corrected chi connectivity index (χ1v) is 7.22. The summed E-state index contributed by atoms with van der Waals surface area (Å²) in [6, 6.07) is 7.12. The zero-order chi connectivity index (χ0) is 14.7. The lowest BCUT2D eigenvalue weighted by Gasteiger charge is -2.15. The zero-order valence-electron chi connectivity index (χ0n) is 11.4. The van der Waals surface area contributed by atoms with Gasteiger partial charge in [0.2, 0.25) is 0 Å². The Morgan fingerprint density at radius 2 is 1.95 bits per heavy atom. The van der Waals surface area contributed by atoms with E-state index in [1.54, 1.807) is 18.2 Å². The Morgan fingerprint density at radius 1 is 1.20 bits per heavy atom. The molecule has 0 saturated heterocycles. The Morgan fingerprint density at radius 3 is 2.65 bits per heavy atom. The summed E-state index contributed by atoms with van der Waals surface area (Å²) in [5, 5.41) is 19.8. The molecule has 0 radical (unpaired) electrons. The zero-order valence-corrected chi connectivity index (χ0v) is 12.9. The van der Waals surface area contributed by atoms with Gasteiger partial charge in [-0.3, -0.25) is 0 Å². The van der Waals surface area contributed by atoms with E-state index in [2.05, 4.69) is 10.2 Å². The molecule has 0 spiro atoms. The Bertz CT molecular complexity index is 617. The van der Waals surface area contributed by atoms with Crippen molar-refractivity contribution in [2.45, 2.75) is 32.8 Å². The number of hydrogen-bond donors (Lipinski definition) is 1. The van der Waals surface area contributed by atoms with Crippen molar-refractivity contribution < 1.29 is 5.11 Å².